The van der Waals surface area contributed by atoms with Crippen LogP contribution < -0.4 is 0 Å². The highest BCUT2D eigenvalue weighted by atomic mass is 14.9. The Bertz CT molecular complexity index is 365. The fourth-order valence-electron chi connectivity index (χ4n) is 2.03. The standard InChI is InChI=1S/C12H15N/c1-4-12(3)11-8-6-5-7-10(11)9(2)13-12/h5-8H,4H2,1-3H3. The zero-order valence-electron chi connectivity index (χ0n) is 8.46. The molecular formula is C12H15N. The molecule has 0 fully saturated rings. The first-order chi connectivity index (χ1) is 6.17. The molecule has 1 heterocycles. The smallest absolute Gasteiger partial charge is 0.0835 e. The molecule has 0 bridgehead atoms. The van der Waals surface area contributed by atoms with Crippen molar-refractivity contribution in [2.24, 2.45) is 4.99 Å². The second-order valence-electron chi connectivity index (χ2n) is 3.87. The summed E-state index contributed by atoms with van der Waals surface area (Å²) >= 11 is 0. The third-order valence-electron chi connectivity index (χ3n) is 3.00. The third-order valence-corrected chi connectivity index (χ3v) is 3.00. The molecule has 1 heteroatoms. The van der Waals surface area contributed by atoms with Gasteiger partial charge in [-0.25, -0.2) is 0 Å². The largest absolute Gasteiger partial charge is 0.278 e. The van der Waals surface area contributed by atoms with Gasteiger partial charge in [-0.05, 0) is 25.8 Å². The first kappa shape index (κ1) is 8.49. The molecule has 0 amide bonds. The lowest BCUT2D eigenvalue weighted by Gasteiger charge is -2.20. The van der Waals surface area contributed by atoms with Gasteiger partial charge in [-0.2, -0.15) is 0 Å². The van der Waals surface area contributed by atoms with Crippen LogP contribution in [0.1, 0.15) is 38.3 Å². The van der Waals surface area contributed by atoms with Crippen LogP contribution in [-0.2, 0) is 5.54 Å². The van der Waals surface area contributed by atoms with Crippen LogP contribution in [0.3, 0.4) is 0 Å². The van der Waals surface area contributed by atoms with Gasteiger partial charge in [0, 0.05) is 11.3 Å². The molecule has 1 atom stereocenters. The molecule has 0 spiro atoms. The van der Waals surface area contributed by atoms with Crippen molar-refractivity contribution in [2.45, 2.75) is 32.7 Å². The summed E-state index contributed by atoms with van der Waals surface area (Å²) in [5.41, 5.74) is 3.92. The summed E-state index contributed by atoms with van der Waals surface area (Å²) < 4.78 is 0. The fraction of sp³-hybridized carbons (Fsp3) is 0.417. The van der Waals surface area contributed by atoms with E-state index in [1.807, 2.05) is 0 Å². The Morgan fingerprint density at radius 1 is 1.31 bits per heavy atom. The van der Waals surface area contributed by atoms with Crippen LogP contribution in [-0.4, -0.2) is 5.71 Å². The highest BCUT2D eigenvalue weighted by Gasteiger charge is 2.31. The molecule has 0 radical (unpaired) electrons. The second-order valence-corrected chi connectivity index (χ2v) is 3.87. The Morgan fingerprint density at radius 2 is 2.00 bits per heavy atom. The summed E-state index contributed by atoms with van der Waals surface area (Å²) in [5.74, 6) is 0. The zero-order chi connectivity index (χ0) is 9.47. The summed E-state index contributed by atoms with van der Waals surface area (Å²) in [4.78, 5) is 4.72. The van der Waals surface area contributed by atoms with Gasteiger partial charge in [-0.3, -0.25) is 4.99 Å². The van der Waals surface area contributed by atoms with Gasteiger partial charge in [-0.15, -0.1) is 0 Å². The normalized spacial score (nSPS) is 25.6. The summed E-state index contributed by atoms with van der Waals surface area (Å²) in [6.45, 7) is 6.50. The van der Waals surface area contributed by atoms with Crippen molar-refractivity contribution in [2.75, 3.05) is 0 Å². The minimum Gasteiger partial charge on any atom is -0.278 e. The third kappa shape index (κ3) is 1.11. The molecular weight excluding hydrogens is 158 g/mol. The molecule has 0 aliphatic carbocycles. The van der Waals surface area contributed by atoms with Crippen molar-refractivity contribution in [1.29, 1.82) is 0 Å². The maximum absolute atomic E-state index is 4.72. The lowest BCUT2D eigenvalue weighted by molar-refractivity contribution is 0.491. The summed E-state index contributed by atoms with van der Waals surface area (Å²) in [7, 11) is 0. The first-order valence-electron chi connectivity index (χ1n) is 4.84. The second kappa shape index (κ2) is 2.69. The van der Waals surface area contributed by atoms with E-state index in [1.54, 1.807) is 0 Å². The van der Waals surface area contributed by atoms with Crippen molar-refractivity contribution in [3.63, 3.8) is 0 Å². The van der Waals surface area contributed by atoms with Crippen molar-refractivity contribution in [3.8, 4) is 0 Å². The van der Waals surface area contributed by atoms with Crippen LogP contribution in [0.25, 0.3) is 0 Å². The van der Waals surface area contributed by atoms with Crippen LogP contribution in [0.2, 0.25) is 0 Å². The van der Waals surface area contributed by atoms with Gasteiger partial charge >= 0.3 is 0 Å². The van der Waals surface area contributed by atoms with Gasteiger partial charge in [0.1, 0.15) is 0 Å². The molecule has 0 saturated heterocycles. The lowest BCUT2D eigenvalue weighted by Crippen LogP contribution is -2.14. The van der Waals surface area contributed by atoms with E-state index in [0.29, 0.717) is 0 Å². The van der Waals surface area contributed by atoms with E-state index < -0.39 is 0 Å². The molecule has 1 aromatic rings. The number of hydrogen-bond acceptors (Lipinski definition) is 1. The van der Waals surface area contributed by atoms with Crippen LogP contribution in [0.4, 0.5) is 0 Å². The van der Waals surface area contributed by atoms with Crippen molar-refractivity contribution in [3.05, 3.63) is 35.4 Å². The molecule has 0 saturated carbocycles. The molecule has 68 valence electrons. The van der Waals surface area contributed by atoms with E-state index in [4.69, 9.17) is 4.99 Å². The van der Waals surface area contributed by atoms with Crippen LogP contribution >= 0.6 is 0 Å². The highest BCUT2D eigenvalue weighted by Crippen LogP contribution is 2.37. The maximum Gasteiger partial charge on any atom is 0.0835 e. The topological polar surface area (TPSA) is 12.4 Å². The Morgan fingerprint density at radius 3 is 2.69 bits per heavy atom. The number of aliphatic imine (C=N–C) groups is 1. The van der Waals surface area contributed by atoms with E-state index in [2.05, 4.69) is 45.0 Å². The number of nitrogens with zero attached hydrogens (tertiary/aromatic N) is 1. The van der Waals surface area contributed by atoms with E-state index in [1.165, 1.54) is 16.8 Å². The van der Waals surface area contributed by atoms with Gasteiger partial charge in [0.2, 0.25) is 0 Å². The molecule has 1 aromatic carbocycles. The minimum absolute atomic E-state index is 0.0284. The zero-order valence-corrected chi connectivity index (χ0v) is 8.46. The summed E-state index contributed by atoms with van der Waals surface area (Å²) in [6.07, 6.45) is 1.07. The van der Waals surface area contributed by atoms with Crippen LogP contribution in [0.5, 0.6) is 0 Å². The predicted octanol–water partition coefficient (Wildman–Crippen LogP) is 3.13. The summed E-state index contributed by atoms with van der Waals surface area (Å²) in [6, 6.07) is 8.54. The van der Waals surface area contributed by atoms with E-state index in [9.17, 15) is 0 Å². The van der Waals surface area contributed by atoms with E-state index >= 15 is 0 Å². The molecule has 1 unspecified atom stereocenters. The first-order valence-corrected chi connectivity index (χ1v) is 4.84. The van der Waals surface area contributed by atoms with E-state index in [-0.39, 0.29) is 5.54 Å². The van der Waals surface area contributed by atoms with Crippen LogP contribution in [0.15, 0.2) is 29.3 Å². The van der Waals surface area contributed by atoms with Crippen LogP contribution in [0, 0.1) is 0 Å². The number of hydrogen-bond donors (Lipinski definition) is 0. The van der Waals surface area contributed by atoms with Gasteiger partial charge in [0.25, 0.3) is 0 Å². The van der Waals surface area contributed by atoms with E-state index in [0.717, 1.165) is 6.42 Å². The Kier molecular flexibility index (Phi) is 1.76. The quantitative estimate of drug-likeness (QED) is 0.618. The van der Waals surface area contributed by atoms with Gasteiger partial charge in [-0.1, -0.05) is 31.2 Å². The molecule has 1 aliphatic rings. The number of fused-ring (bicyclic) bond motifs is 1. The average Bonchev–Trinajstić information content (AvgIpc) is 2.42. The molecule has 1 aliphatic heterocycles. The number of benzene rings is 1. The Labute approximate surface area is 79.5 Å². The Hall–Kier alpha value is -1.11. The van der Waals surface area contributed by atoms with Gasteiger partial charge < -0.3 is 0 Å². The lowest BCUT2D eigenvalue weighted by atomic mass is 9.89. The van der Waals surface area contributed by atoms with Crippen molar-refractivity contribution < 1.29 is 0 Å². The Balaban J connectivity index is 2.62. The molecule has 1 nitrogen and oxygen atoms in total. The van der Waals surface area contributed by atoms with Gasteiger partial charge in [0.15, 0.2) is 0 Å². The SMILES string of the molecule is CCC1(C)N=C(C)c2ccccc21. The predicted molar refractivity (Wildman–Crippen MR) is 56.3 cm³/mol. The summed E-state index contributed by atoms with van der Waals surface area (Å²) in [5, 5.41) is 0. The average molecular weight is 173 g/mol. The van der Waals surface area contributed by atoms with Crippen molar-refractivity contribution >= 4 is 5.71 Å². The maximum atomic E-state index is 4.72. The fourth-order valence-corrected chi connectivity index (χ4v) is 2.03. The number of rotatable bonds is 1. The molecule has 2 rings (SSSR count). The molecule has 13 heavy (non-hydrogen) atoms. The van der Waals surface area contributed by atoms with Gasteiger partial charge in [0.05, 0.1) is 5.54 Å². The highest BCUT2D eigenvalue weighted by molar-refractivity contribution is 6.03. The monoisotopic (exact) mass is 173 g/mol. The van der Waals surface area contributed by atoms with Crippen molar-refractivity contribution in [1.82, 2.24) is 0 Å². The molecule has 0 aromatic heterocycles. The molecule has 0 N–H and O–H groups in total. The minimum atomic E-state index is 0.0284.